The number of esters is 1. The fraction of sp³-hybridized carbons (Fsp3) is 0.500. The molecule has 24 heavy (non-hydrogen) atoms. The van der Waals surface area contributed by atoms with E-state index in [1.54, 1.807) is 30.2 Å². The maximum Gasteiger partial charge on any atom is 0.356 e. The number of aryl methyl sites for hydroxylation is 1. The van der Waals surface area contributed by atoms with Crippen LogP contribution in [0.15, 0.2) is 18.6 Å². The van der Waals surface area contributed by atoms with Gasteiger partial charge in [-0.1, -0.05) is 0 Å². The lowest BCUT2D eigenvalue weighted by molar-refractivity contribution is -0.0385. The molecule has 1 saturated carbocycles. The molecule has 6 nitrogen and oxygen atoms in total. The van der Waals surface area contributed by atoms with Crippen LogP contribution in [0.2, 0.25) is 0 Å². The van der Waals surface area contributed by atoms with Crippen molar-refractivity contribution in [3.8, 4) is 11.5 Å². The number of methoxy groups -OCH3 is 1. The lowest BCUT2D eigenvalue weighted by Crippen LogP contribution is -2.24. The second kappa shape index (κ2) is 6.26. The van der Waals surface area contributed by atoms with Crippen LogP contribution in [0.1, 0.15) is 47.8 Å². The van der Waals surface area contributed by atoms with Gasteiger partial charge in [-0.05, 0) is 18.9 Å². The van der Waals surface area contributed by atoms with Crippen LogP contribution in [0.3, 0.4) is 0 Å². The Morgan fingerprint density at radius 2 is 2.04 bits per heavy atom. The molecule has 0 aliphatic heterocycles. The van der Waals surface area contributed by atoms with E-state index in [9.17, 15) is 13.6 Å². The van der Waals surface area contributed by atoms with Crippen LogP contribution >= 0.6 is 0 Å². The number of nitrogens with zero attached hydrogens (tertiary/aromatic N) is 4. The molecule has 0 spiro atoms. The number of imidazole rings is 1. The molecule has 3 rings (SSSR count). The number of halogens is 2. The zero-order valence-corrected chi connectivity index (χ0v) is 13.5. The summed E-state index contributed by atoms with van der Waals surface area (Å²) in [6.07, 6.45) is 3.51. The first-order valence-electron chi connectivity index (χ1n) is 7.71. The number of alkyl halides is 2. The highest BCUT2D eigenvalue weighted by Crippen LogP contribution is 2.40. The maximum absolute atomic E-state index is 13.4. The van der Waals surface area contributed by atoms with E-state index < -0.39 is 11.9 Å². The average molecular weight is 336 g/mol. The fourth-order valence-electron chi connectivity index (χ4n) is 2.91. The predicted molar refractivity (Wildman–Crippen MR) is 81.7 cm³/mol. The Labute approximate surface area is 137 Å². The quantitative estimate of drug-likeness (QED) is 0.806. The van der Waals surface area contributed by atoms with Crippen molar-refractivity contribution < 1.29 is 18.3 Å². The van der Waals surface area contributed by atoms with E-state index in [0.717, 1.165) is 0 Å². The van der Waals surface area contributed by atoms with Crippen LogP contribution in [-0.2, 0) is 11.8 Å². The first-order valence-corrected chi connectivity index (χ1v) is 7.71. The SMILES string of the molecule is COC(=O)c1cc(C2CCC(F)(F)CC2)nc(-c2cncn2C)n1. The largest absolute Gasteiger partial charge is 0.464 e. The van der Waals surface area contributed by atoms with Crippen LogP contribution < -0.4 is 0 Å². The van der Waals surface area contributed by atoms with Gasteiger partial charge in [0.05, 0.1) is 19.6 Å². The molecule has 8 heteroatoms. The number of aromatic nitrogens is 4. The van der Waals surface area contributed by atoms with Gasteiger partial charge < -0.3 is 9.30 Å². The van der Waals surface area contributed by atoms with Crippen molar-refractivity contribution in [1.29, 1.82) is 0 Å². The third-order valence-corrected chi connectivity index (χ3v) is 4.32. The standard InChI is InChI=1S/C16H18F2N4O2/c1-22-9-19-8-13(22)14-20-11(7-12(21-14)15(23)24-2)10-3-5-16(17,18)6-4-10/h7-10H,3-6H2,1-2H3. The molecule has 1 aliphatic carbocycles. The van der Waals surface area contributed by atoms with Gasteiger partial charge in [0.25, 0.3) is 0 Å². The molecule has 0 bridgehead atoms. The Bertz CT molecular complexity index is 750. The van der Waals surface area contributed by atoms with Crippen LogP contribution in [0.5, 0.6) is 0 Å². The molecule has 0 N–H and O–H groups in total. The molecule has 2 aromatic rings. The van der Waals surface area contributed by atoms with Gasteiger partial charge in [0.15, 0.2) is 11.5 Å². The monoisotopic (exact) mass is 336 g/mol. The molecule has 0 amide bonds. The van der Waals surface area contributed by atoms with E-state index in [-0.39, 0.29) is 24.5 Å². The van der Waals surface area contributed by atoms with Gasteiger partial charge in [0.2, 0.25) is 5.92 Å². The number of carbonyl (C=O) groups excluding carboxylic acids is 1. The average Bonchev–Trinajstić information content (AvgIpc) is 2.99. The molecule has 1 aliphatic rings. The van der Waals surface area contributed by atoms with Crippen molar-refractivity contribution in [2.45, 2.75) is 37.5 Å². The summed E-state index contributed by atoms with van der Waals surface area (Å²) in [6, 6.07) is 1.54. The lowest BCUT2D eigenvalue weighted by atomic mass is 9.84. The van der Waals surface area contributed by atoms with Gasteiger partial charge >= 0.3 is 5.97 Å². The minimum Gasteiger partial charge on any atom is -0.464 e. The number of hydrogen-bond acceptors (Lipinski definition) is 5. The first-order chi connectivity index (χ1) is 11.4. The van der Waals surface area contributed by atoms with Gasteiger partial charge in [-0.2, -0.15) is 0 Å². The molecule has 2 aromatic heterocycles. The van der Waals surface area contributed by atoms with Crippen molar-refractivity contribution in [1.82, 2.24) is 19.5 Å². The van der Waals surface area contributed by atoms with Gasteiger partial charge in [0.1, 0.15) is 5.69 Å². The summed E-state index contributed by atoms with van der Waals surface area (Å²) in [7, 11) is 3.06. The van der Waals surface area contributed by atoms with E-state index >= 15 is 0 Å². The van der Waals surface area contributed by atoms with Gasteiger partial charge in [-0.15, -0.1) is 0 Å². The predicted octanol–water partition coefficient (Wildman–Crippen LogP) is 2.96. The van der Waals surface area contributed by atoms with E-state index in [0.29, 0.717) is 30.1 Å². The highest BCUT2D eigenvalue weighted by atomic mass is 19.3. The van der Waals surface area contributed by atoms with Crippen molar-refractivity contribution >= 4 is 5.97 Å². The first kappa shape index (κ1) is 16.5. The summed E-state index contributed by atoms with van der Waals surface area (Å²) in [6.45, 7) is 0. The Kier molecular flexibility index (Phi) is 4.29. The molecule has 0 aromatic carbocycles. The molecule has 128 valence electrons. The Hall–Kier alpha value is -2.38. The molecule has 1 fully saturated rings. The maximum atomic E-state index is 13.4. The number of ether oxygens (including phenoxy) is 1. The van der Waals surface area contributed by atoms with Gasteiger partial charge in [0, 0.05) is 31.5 Å². The van der Waals surface area contributed by atoms with Crippen molar-refractivity contribution in [3.05, 3.63) is 30.0 Å². The van der Waals surface area contributed by atoms with Crippen molar-refractivity contribution in [2.75, 3.05) is 7.11 Å². The highest BCUT2D eigenvalue weighted by Gasteiger charge is 2.36. The Morgan fingerprint density at radius 3 is 2.62 bits per heavy atom. The molecular weight excluding hydrogens is 318 g/mol. The Morgan fingerprint density at radius 1 is 1.33 bits per heavy atom. The fourth-order valence-corrected chi connectivity index (χ4v) is 2.91. The number of hydrogen-bond donors (Lipinski definition) is 0. The molecule has 0 saturated heterocycles. The Balaban J connectivity index is 2.00. The van der Waals surface area contributed by atoms with E-state index in [1.165, 1.54) is 7.11 Å². The molecular formula is C16H18F2N4O2. The molecule has 2 heterocycles. The summed E-state index contributed by atoms with van der Waals surface area (Å²) < 4.78 is 33.3. The van der Waals surface area contributed by atoms with Crippen molar-refractivity contribution in [2.24, 2.45) is 7.05 Å². The molecule has 0 unspecified atom stereocenters. The minimum atomic E-state index is -2.61. The zero-order chi connectivity index (χ0) is 17.3. The van der Waals surface area contributed by atoms with E-state index in [4.69, 9.17) is 4.74 Å². The smallest absolute Gasteiger partial charge is 0.356 e. The summed E-state index contributed by atoms with van der Waals surface area (Å²) >= 11 is 0. The molecule has 0 radical (unpaired) electrons. The van der Waals surface area contributed by atoms with Crippen LogP contribution in [0.25, 0.3) is 11.5 Å². The van der Waals surface area contributed by atoms with Gasteiger partial charge in [-0.3, -0.25) is 0 Å². The van der Waals surface area contributed by atoms with E-state index in [1.807, 2.05) is 0 Å². The summed E-state index contributed by atoms with van der Waals surface area (Å²) in [5, 5.41) is 0. The van der Waals surface area contributed by atoms with Gasteiger partial charge in [-0.25, -0.2) is 28.5 Å². The second-order valence-corrected chi connectivity index (χ2v) is 6.01. The third kappa shape index (κ3) is 3.27. The van der Waals surface area contributed by atoms with Crippen LogP contribution in [0, 0.1) is 0 Å². The number of carbonyl (C=O) groups is 1. The van der Waals surface area contributed by atoms with Crippen LogP contribution in [0.4, 0.5) is 8.78 Å². The lowest BCUT2D eigenvalue weighted by Gasteiger charge is -2.28. The second-order valence-electron chi connectivity index (χ2n) is 6.01. The molecule has 0 atom stereocenters. The summed E-state index contributed by atoms with van der Waals surface area (Å²) in [4.78, 5) is 24.7. The zero-order valence-electron chi connectivity index (χ0n) is 13.5. The normalized spacial score (nSPS) is 17.7. The summed E-state index contributed by atoms with van der Waals surface area (Å²) in [5.74, 6) is -2.98. The number of rotatable bonds is 3. The summed E-state index contributed by atoms with van der Waals surface area (Å²) in [5.41, 5.74) is 1.36. The minimum absolute atomic E-state index is 0.121. The topological polar surface area (TPSA) is 69.9 Å². The van der Waals surface area contributed by atoms with Crippen LogP contribution in [-0.4, -0.2) is 38.5 Å². The highest BCUT2D eigenvalue weighted by molar-refractivity contribution is 5.87. The van der Waals surface area contributed by atoms with Crippen molar-refractivity contribution in [3.63, 3.8) is 0 Å². The van der Waals surface area contributed by atoms with E-state index in [2.05, 4.69) is 15.0 Å². The third-order valence-electron chi connectivity index (χ3n) is 4.32.